The zero-order chi connectivity index (χ0) is 22.0. The fourth-order valence-corrected chi connectivity index (χ4v) is 4.59. The van der Waals surface area contributed by atoms with Crippen molar-refractivity contribution in [1.82, 2.24) is 34.6 Å². The van der Waals surface area contributed by atoms with Gasteiger partial charge >= 0.3 is 0 Å². The van der Waals surface area contributed by atoms with E-state index in [0.29, 0.717) is 22.4 Å². The highest BCUT2D eigenvalue weighted by atomic mass is 35.5. The van der Waals surface area contributed by atoms with Gasteiger partial charge in [0.1, 0.15) is 6.33 Å². The Hall–Kier alpha value is -2.62. The van der Waals surface area contributed by atoms with E-state index in [2.05, 4.69) is 44.9 Å². The maximum Gasteiger partial charge on any atom is 0.175 e. The second-order valence-electron chi connectivity index (χ2n) is 7.59. The van der Waals surface area contributed by atoms with Gasteiger partial charge in [0, 0.05) is 41.3 Å². The van der Waals surface area contributed by atoms with Gasteiger partial charge in [-0.3, -0.25) is 4.68 Å². The van der Waals surface area contributed by atoms with Gasteiger partial charge in [-0.1, -0.05) is 37.2 Å². The molecule has 0 spiro atoms. The van der Waals surface area contributed by atoms with Crippen LogP contribution in [0.15, 0.2) is 46.8 Å². The number of anilines is 1. The van der Waals surface area contributed by atoms with Gasteiger partial charge in [0.25, 0.3) is 0 Å². The highest BCUT2D eigenvalue weighted by Gasteiger charge is 2.17. The highest BCUT2D eigenvalue weighted by Crippen LogP contribution is 2.35. The first-order valence-electron chi connectivity index (χ1n) is 10.1. The number of nitrogens with zero attached hydrogens (tertiary/aromatic N) is 6. The molecule has 0 amide bonds. The van der Waals surface area contributed by atoms with E-state index in [9.17, 15) is 0 Å². The Morgan fingerprint density at radius 3 is 2.81 bits per heavy atom. The predicted molar refractivity (Wildman–Crippen MR) is 125 cm³/mol. The Morgan fingerprint density at radius 2 is 2.06 bits per heavy atom. The van der Waals surface area contributed by atoms with Crippen molar-refractivity contribution in [1.29, 1.82) is 0 Å². The minimum Gasteiger partial charge on any atom is -0.382 e. The molecule has 0 unspecified atom stereocenters. The quantitative estimate of drug-likeness (QED) is 0.386. The van der Waals surface area contributed by atoms with Crippen molar-refractivity contribution in [3.63, 3.8) is 0 Å². The third-order valence-electron chi connectivity index (χ3n) is 4.73. The third kappa shape index (κ3) is 5.00. The van der Waals surface area contributed by atoms with E-state index in [4.69, 9.17) is 22.3 Å². The highest BCUT2D eigenvalue weighted by molar-refractivity contribution is 7.99. The van der Waals surface area contributed by atoms with Crippen LogP contribution in [0.25, 0.3) is 22.4 Å². The summed E-state index contributed by atoms with van der Waals surface area (Å²) in [5, 5.41) is 9.39. The Balaban J connectivity index is 1.67. The first kappa shape index (κ1) is 21.6. The number of nitrogens with one attached hydrogen (secondary N) is 1. The summed E-state index contributed by atoms with van der Waals surface area (Å²) in [6, 6.07) is 8.32. The number of imidazole rings is 1. The molecule has 0 aliphatic carbocycles. The molecule has 4 aromatic rings. The molecule has 162 valence electrons. The number of hydrogen-bond donors (Lipinski definition) is 2. The van der Waals surface area contributed by atoms with E-state index in [1.165, 1.54) is 18.1 Å². The molecule has 0 bridgehead atoms. The van der Waals surface area contributed by atoms with Crippen molar-refractivity contribution in [2.75, 3.05) is 12.3 Å². The molecule has 3 heterocycles. The van der Waals surface area contributed by atoms with Crippen LogP contribution in [0.5, 0.6) is 0 Å². The minimum atomic E-state index is 0.381. The van der Waals surface area contributed by atoms with Gasteiger partial charge < -0.3 is 15.6 Å². The van der Waals surface area contributed by atoms with Crippen LogP contribution in [0.4, 0.5) is 5.82 Å². The van der Waals surface area contributed by atoms with Gasteiger partial charge in [0.2, 0.25) is 0 Å². The van der Waals surface area contributed by atoms with Gasteiger partial charge in [0.15, 0.2) is 22.1 Å². The van der Waals surface area contributed by atoms with Crippen LogP contribution < -0.4 is 11.1 Å². The monoisotopic (exact) mass is 456 g/mol. The summed E-state index contributed by atoms with van der Waals surface area (Å²) in [6.07, 6.45) is 4.33. The standard InChI is InChI=1S/C21H25ClN8S/c1-13(2)24-6-4-7-30-20-18(19(23)25-12-26-20)27-21(30)31-16-10-14(9-15(22)11-16)17-5-8-29(3)28-17/h5,8-13,24H,4,6-7H2,1-3H3,(H2,23,25,26). The van der Waals surface area contributed by atoms with Crippen molar-refractivity contribution in [3.05, 3.63) is 41.8 Å². The number of nitrogens with two attached hydrogens (primary N) is 1. The molecule has 4 rings (SSSR count). The summed E-state index contributed by atoms with van der Waals surface area (Å²) in [5.41, 5.74) is 9.26. The van der Waals surface area contributed by atoms with Gasteiger partial charge in [-0.2, -0.15) is 5.10 Å². The topological polar surface area (TPSA) is 99.5 Å². The van der Waals surface area contributed by atoms with E-state index in [-0.39, 0.29) is 0 Å². The van der Waals surface area contributed by atoms with Gasteiger partial charge in [0.05, 0.1) is 5.69 Å². The summed E-state index contributed by atoms with van der Waals surface area (Å²) in [4.78, 5) is 14.3. The van der Waals surface area contributed by atoms with Crippen molar-refractivity contribution in [3.8, 4) is 11.3 Å². The number of nitrogen functional groups attached to an aromatic ring is 1. The molecule has 0 atom stereocenters. The number of halogens is 1. The summed E-state index contributed by atoms with van der Waals surface area (Å²) in [6.45, 7) is 5.95. The summed E-state index contributed by atoms with van der Waals surface area (Å²) >= 11 is 7.95. The maximum absolute atomic E-state index is 6.42. The van der Waals surface area contributed by atoms with Crippen molar-refractivity contribution in [2.24, 2.45) is 7.05 Å². The second kappa shape index (κ2) is 9.25. The average Bonchev–Trinajstić information content (AvgIpc) is 3.29. The Labute approximate surface area is 190 Å². The number of aromatic nitrogens is 6. The molecule has 1 aromatic carbocycles. The molecule has 3 N–H and O–H groups in total. The van der Waals surface area contributed by atoms with E-state index in [0.717, 1.165) is 46.5 Å². The summed E-state index contributed by atoms with van der Waals surface area (Å²) in [7, 11) is 1.89. The molecule has 8 nitrogen and oxygen atoms in total. The Morgan fingerprint density at radius 1 is 1.23 bits per heavy atom. The average molecular weight is 457 g/mol. The maximum atomic E-state index is 6.42. The van der Waals surface area contributed by atoms with Crippen molar-refractivity contribution >= 4 is 40.3 Å². The molecule has 0 aliphatic rings. The Bertz CT molecular complexity index is 1200. The van der Waals surface area contributed by atoms with Crippen LogP contribution in [0, 0.1) is 0 Å². The van der Waals surface area contributed by atoms with Gasteiger partial charge in [-0.05, 0) is 37.2 Å². The molecular weight excluding hydrogens is 432 g/mol. The number of rotatable bonds is 8. The van der Waals surface area contributed by atoms with Crippen LogP contribution in [-0.2, 0) is 13.6 Å². The second-order valence-corrected chi connectivity index (χ2v) is 9.07. The summed E-state index contributed by atoms with van der Waals surface area (Å²) < 4.78 is 3.87. The number of fused-ring (bicyclic) bond motifs is 1. The first-order valence-corrected chi connectivity index (χ1v) is 11.3. The van der Waals surface area contributed by atoms with E-state index < -0.39 is 0 Å². The van der Waals surface area contributed by atoms with Crippen molar-refractivity contribution in [2.45, 2.75) is 42.9 Å². The molecule has 0 saturated carbocycles. The van der Waals surface area contributed by atoms with Crippen molar-refractivity contribution < 1.29 is 0 Å². The molecule has 0 saturated heterocycles. The largest absolute Gasteiger partial charge is 0.382 e. The molecule has 31 heavy (non-hydrogen) atoms. The smallest absolute Gasteiger partial charge is 0.175 e. The van der Waals surface area contributed by atoms with Crippen LogP contribution in [0.2, 0.25) is 5.02 Å². The van der Waals surface area contributed by atoms with Crippen LogP contribution >= 0.6 is 23.4 Å². The summed E-state index contributed by atoms with van der Waals surface area (Å²) in [5.74, 6) is 0.381. The molecule has 10 heteroatoms. The fraction of sp³-hybridized carbons (Fsp3) is 0.333. The van der Waals surface area contributed by atoms with Crippen LogP contribution in [-0.4, -0.2) is 41.9 Å². The molecule has 0 aliphatic heterocycles. The first-order chi connectivity index (χ1) is 14.9. The van der Waals surface area contributed by atoms with E-state index in [1.807, 2.05) is 31.4 Å². The zero-order valence-electron chi connectivity index (χ0n) is 17.7. The fourth-order valence-electron chi connectivity index (χ4n) is 3.29. The van der Waals surface area contributed by atoms with Gasteiger partial charge in [-0.15, -0.1) is 0 Å². The van der Waals surface area contributed by atoms with Crippen LogP contribution in [0.1, 0.15) is 20.3 Å². The number of benzene rings is 1. The lowest BCUT2D eigenvalue weighted by molar-refractivity contribution is 0.525. The number of aryl methyl sites for hydroxylation is 2. The molecule has 0 radical (unpaired) electrons. The zero-order valence-corrected chi connectivity index (χ0v) is 19.3. The van der Waals surface area contributed by atoms with E-state index in [1.54, 1.807) is 4.68 Å². The number of hydrogen-bond acceptors (Lipinski definition) is 7. The minimum absolute atomic E-state index is 0.381. The lowest BCUT2D eigenvalue weighted by Gasteiger charge is -2.11. The van der Waals surface area contributed by atoms with E-state index >= 15 is 0 Å². The molecule has 0 fully saturated rings. The predicted octanol–water partition coefficient (Wildman–Crippen LogP) is 4.00. The molecule has 3 aromatic heterocycles. The SMILES string of the molecule is CC(C)NCCCn1c(Sc2cc(Cl)cc(-c3ccn(C)n3)c2)nc2c(N)ncnc21. The van der Waals surface area contributed by atoms with Gasteiger partial charge in [-0.25, -0.2) is 15.0 Å². The molecular formula is C21H25ClN8S. The third-order valence-corrected chi connectivity index (χ3v) is 5.91. The van der Waals surface area contributed by atoms with Crippen LogP contribution in [0.3, 0.4) is 0 Å². The lowest BCUT2D eigenvalue weighted by Crippen LogP contribution is -2.24. The normalized spacial score (nSPS) is 11.6. The lowest BCUT2D eigenvalue weighted by atomic mass is 10.1. The Kier molecular flexibility index (Phi) is 6.45.